The number of rotatable bonds is 6. The Kier molecular flexibility index (Phi) is 5.92. The Labute approximate surface area is 151 Å². The van der Waals surface area contributed by atoms with Crippen molar-refractivity contribution in [2.24, 2.45) is 0 Å². The molecule has 0 aromatic heterocycles. The van der Waals surface area contributed by atoms with Gasteiger partial charge in [0.2, 0.25) is 0 Å². The highest BCUT2D eigenvalue weighted by atomic mass is 35.5. The fourth-order valence-corrected chi connectivity index (χ4v) is 3.33. The molecular weight excluding hydrogens is 366 g/mol. The Bertz CT molecular complexity index is 880. The van der Waals surface area contributed by atoms with Crippen molar-refractivity contribution in [3.63, 3.8) is 0 Å². The first-order valence-electron chi connectivity index (χ1n) is 7.40. The second-order valence-electron chi connectivity index (χ2n) is 5.43. The number of halogens is 1. The van der Waals surface area contributed by atoms with E-state index >= 15 is 0 Å². The highest BCUT2D eigenvalue weighted by Gasteiger charge is 2.19. The zero-order valence-electron chi connectivity index (χ0n) is 13.9. The summed E-state index contributed by atoms with van der Waals surface area (Å²) >= 11 is 5.92. The van der Waals surface area contributed by atoms with Gasteiger partial charge in [0, 0.05) is 6.07 Å². The van der Waals surface area contributed by atoms with Crippen LogP contribution in [-0.4, -0.2) is 27.6 Å². The van der Waals surface area contributed by atoms with Gasteiger partial charge in [-0.15, -0.1) is 0 Å². The number of esters is 1. The molecule has 25 heavy (non-hydrogen) atoms. The molecule has 0 fully saturated rings. The SMILES string of the molecule is COC(=O)c1cc(S(=O)(=O)Nc2cccc(OC(C)C)c2)ccc1Cl. The van der Waals surface area contributed by atoms with Crippen molar-refractivity contribution in [2.75, 3.05) is 11.8 Å². The number of sulfonamides is 1. The standard InChI is InChI=1S/C17H18ClNO5S/c1-11(2)24-13-6-4-5-12(9-13)19-25(21,22)14-7-8-16(18)15(10-14)17(20)23-3/h4-11,19H,1-3H3. The Morgan fingerprint density at radius 3 is 2.52 bits per heavy atom. The van der Waals surface area contributed by atoms with Crippen LogP contribution < -0.4 is 9.46 Å². The quantitative estimate of drug-likeness (QED) is 0.769. The lowest BCUT2D eigenvalue weighted by Gasteiger charge is -2.13. The molecule has 2 aromatic rings. The van der Waals surface area contributed by atoms with E-state index in [4.69, 9.17) is 16.3 Å². The zero-order chi connectivity index (χ0) is 18.6. The fraction of sp³-hybridized carbons (Fsp3) is 0.235. The maximum atomic E-state index is 12.6. The predicted octanol–water partition coefficient (Wildman–Crippen LogP) is 3.71. The molecule has 2 rings (SSSR count). The molecule has 0 saturated heterocycles. The van der Waals surface area contributed by atoms with Gasteiger partial charge in [-0.2, -0.15) is 0 Å². The van der Waals surface area contributed by atoms with Gasteiger partial charge in [0.25, 0.3) is 10.0 Å². The zero-order valence-corrected chi connectivity index (χ0v) is 15.5. The van der Waals surface area contributed by atoms with E-state index in [1.54, 1.807) is 24.3 Å². The van der Waals surface area contributed by atoms with Crippen LogP contribution in [0.25, 0.3) is 0 Å². The first-order valence-corrected chi connectivity index (χ1v) is 9.26. The van der Waals surface area contributed by atoms with E-state index in [2.05, 4.69) is 9.46 Å². The van der Waals surface area contributed by atoms with Crippen LogP contribution in [0.2, 0.25) is 5.02 Å². The second kappa shape index (κ2) is 7.76. The highest BCUT2D eigenvalue weighted by Crippen LogP contribution is 2.25. The van der Waals surface area contributed by atoms with E-state index in [0.717, 1.165) is 0 Å². The summed E-state index contributed by atoms with van der Waals surface area (Å²) in [5.41, 5.74) is 0.316. The van der Waals surface area contributed by atoms with E-state index in [0.29, 0.717) is 11.4 Å². The molecule has 0 unspecified atom stereocenters. The first-order chi connectivity index (χ1) is 11.7. The first kappa shape index (κ1) is 19.1. The molecule has 6 nitrogen and oxygen atoms in total. The third kappa shape index (κ3) is 4.87. The van der Waals surface area contributed by atoms with Gasteiger partial charge in [-0.1, -0.05) is 17.7 Å². The van der Waals surface area contributed by atoms with Crippen LogP contribution in [0.15, 0.2) is 47.4 Å². The molecular formula is C17H18ClNO5S. The molecule has 0 radical (unpaired) electrons. The summed E-state index contributed by atoms with van der Waals surface area (Å²) < 4.78 is 37.7. The molecule has 0 aliphatic heterocycles. The molecule has 134 valence electrons. The number of benzene rings is 2. The summed E-state index contributed by atoms with van der Waals surface area (Å²) in [5.74, 6) is -0.170. The van der Waals surface area contributed by atoms with E-state index in [1.165, 1.54) is 25.3 Å². The van der Waals surface area contributed by atoms with Gasteiger partial charge in [0.1, 0.15) is 5.75 Å². The molecule has 0 atom stereocenters. The van der Waals surface area contributed by atoms with E-state index in [-0.39, 0.29) is 21.6 Å². The molecule has 0 aliphatic carbocycles. The highest BCUT2D eigenvalue weighted by molar-refractivity contribution is 7.92. The number of carbonyl (C=O) groups is 1. The lowest BCUT2D eigenvalue weighted by Crippen LogP contribution is -2.14. The molecule has 0 aliphatic rings. The number of hydrogen-bond acceptors (Lipinski definition) is 5. The number of anilines is 1. The van der Waals surface area contributed by atoms with E-state index in [1.807, 2.05) is 13.8 Å². The second-order valence-corrected chi connectivity index (χ2v) is 7.52. The normalized spacial score (nSPS) is 11.2. The number of methoxy groups -OCH3 is 1. The van der Waals surface area contributed by atoms with E-state index < -0.39 is 16.0 Å². The third-order valence-corrected chi connectivity index (χ3v) is 4.82. The number of carbonyl (C=O) groups excluding carboxylic acids is 1. The molecule has 0 spiro atoms. The van der Waals surface area contributed by atoms with Crippen molar-refractivity contribution in [1.29, 1.82) is 0 Å². The van der Waals surface area contributed by atoms with Gasteiger partial charge >= 0.3 is 5.97 Å². The fourth-order valence-electron chi connectivity index (χ4n) is 2.06. The van der Waals surface area contributed by atoms with Crippen LogP contribution in [0.4, 0.5) is 5.69 Å². The molecule has 1 N–H and O–H groups in total. The molecule has 2 aromatic carbocycles. The topological polar surface area (TPSA) is 81.7 Å². The maximum absolute atomic E-state index is 12.6. The largest absolute Gasteiger partial charge is 0.491 e. The smallest absolute Gasteiger partial charge is 0.339 e. The van der Waals surface area contributed by atoms with Gasteiger partial charge in [0.15, 0.2) is 0 Å². The molecule has 0 bridgehead atoms. The Morgan fingerprint density at radius 1 is 1.16 bits per heavy atom. The van der Waals surface area contributed by atoms with Crippen LogP contribution >= 0.6 is 11.6 Å². The number of hydrogen-bond donors (Lipinski definition) is 1. The van der Waals surface area contributed by atoms with Crippen molar-refractivity contribution >= 4 is 33.3 Å². The summed E-state index contributed by atoms with van der Waals surface area (Å²) in [6.07, 6.45) is -0.0364. The van der Waals surface area contributed by atoms with Gasteiger partial charge in [-0.25, -0.2) is 13.2 Å². The minimum absolute atomic E-state index is 0.0241. The van der Waals surface area contributed by atoms with Crippen molar-refractivity contribution in [3.8, 4) is 5.75 Å². The predicted molar refractivity (Wildman–Crippen MR) is 95.8 cm³/mol. The Hall–Kier alpha value is -2.25. The third-order valence-electron chi connectivity index (χ3n) is 3.11. The van der Waals surface area contributed by atoms with Crippen LogP contribution in [0, 0.1) is 0 Å². The van der Waals surface area contributed by atoms with Crippen LogP contribution in [-0.2, 0) is 14.8 Å². The average Bonchev–Trinajstić information content (AvgIpc) is 2.53. The van der Waals surface area contributed by atoms with Crippen molar-refractivity contribution < 1.29 is 22.7 Å². The number of ether oxygens (including phenoxy) is 2. The Morgan fingerprint density at radius 2 is 1.88 bits per heavy atom. The monoisotopic (exact) mass is 383 g/mol. The summed E-state index contributed by atoms with van der Waals surface area (Å²) in [7, 11) is -2.72. The average molecular weight is 384 g/mol. The summed E-state index contributed by atoms with van der Waals surface area (Å²) in [5, 5.41) is 0.109. The summed E-state index contributed by atoms with van der Waals surface area (Å²) in [6, 6.07) is 10.4. The van der Waals surface area contributed by atoms with E-state index in [9.17, 15) is 13.2 Å². The molecule has 0 heterocycles. The lowest BCUT2D eigenvalue weighted by molar-refractivity contribution is 0.0600. The number of nitrogens with one attached hydrogen (secondary N) is 1. The molecule has 0 amide bonds. The molecule has 8 heteroatoms. The Balaban J connectivity index is 2.32. The summed E-state index contributed by atoms with van der Waals surface area (Å²) in [4.78, 5) is 11.6. The van der Waals surface area contributed by atoms with Crippen LogP contribution in [0.3, 0.4) is 0 Å². The van der Waals surface area contributed by atoms with Crippen molar-refractivity contribution in [1.82, 2.24) is 0 Å². The minimum Gasteiger partial charge on any atom is -0.491 e. The minimum atomic E-state index is -3.91. The van der Waals surface area contributed by atoms with Crippen LogP contribution in [0.1, 0.15) is 24.2 Å². The summed E-state index contributed by atoms with van der Waals surface area (Å²) in [6.45, 7) is 3.75. The van der Waals surface area contributed by atoms with Gasteiger partial charge in [-0.3, -0.25) is 4.72 Å². The maximum Gasteiger partial charge on any atom is 0.339 e. The van der Waals surface area contributed by atoms with Gasteiger partial charge < -0.3 is 9.47 Å². The van der Waals surface area contributed by atoms with Crippen molar-refractivity contribution in [2.45, 2.75) is 24.8 Å². The molecule has 0 saturated carbocycles. The van der Waals surface area contributed by atoms with Crippen LogP contribution in [0.5, 0.6) is 5.75 Å². The van der Waals surface area contributed by atoms with Gasteiger partial charge in [-0.05, 0) is 44.2 Å². The van der Waals surface area contributed by atoms with Crippen molar-refractivity contribution in [3.05, 3.63) is 53.1 Å². The lowest BCUT2D eigenvalue weighted by atomic mass is 10.2. The van der Waals surface area contributed by atoms with Gasteiger partial charge in [0.05, 0.1) is 34.4 Å².